The van der Waals surface area contributed by atoms with Crippen molar-refractivity contribution in [2.75, 3.05) is 0 Å². The molecule has 6 nitrogen and oxygen atoms in total. The van der Waals surface area contributed by atoms with Gasteiger partial charge in [-0.3, -0.25) is 9.36 Å². The van der Waals surface area contributed by atoms with E-state index in [0.29, 0.717) is 63.6 Å². The standard InChI is InChI=1S/C31H31FN4O2/c1-5-9-28-35-27(6-2)30(23-14-15-29(34-18-23)38-20(3)4)31(37)36(28)19-24-13-12-21(16-26(24)32)25-11-8-7-10-22(25)17-33/h7-8,10-16,18,20H,5-6,9,19H2,1-4H3. The molecule has 0 saturated heterocycles. The van der Waals surface area contributed by atoms with E-state index in [0.717, 1.165) is 6.42 Å². The quantitative estimate of drug-likeness (QED) is 0.263. The van der Waals surface area contributed by atoms with Crippen LogP contribution in [0.5, 0.6) is 5.88 Å². The third-order valence-corrected chi connectivity index (χ3v) is 6.25. The van der Waals surface area contributed by atoms with Gasteiger partial charge in [-0.1, -0.05) is 44.2 Å². The van der Waals surface area contributed by atoms with Crippen LogP contribution in [0.4, 0.5) is 4.39 Å². The van der Waals surface area contributed by atoms with Crippen molar-refractivity contribution in [3.05, 3.63) is 99.6 Å². The van der Waals surface area contributed by atoms with E-state index in [1.165, 1.54) is 6.07 Å². The first-order valence-electron chi connectivity index (χ1n) is 12.9. The number of pyridine rings is 1. The Hall–Kier alpha value is -4.31. The van der Waals surface area contributed by atoms with Crippen LogP contribution in [-0.2, 0) is 19.4 Å². The largest absolute Gasteiger partial charge is 0.475 e. The second-order valence-corrected chi connectivity index (χ2v) is 9.36. The second-order valence-electron chi connectivity index (χ2n) is 9.36. The fraction of sp³-hybridized carbons (Fsp3) is 0.290. The molecule has 7 heteroatoms. The number of hydrogen-bond acceptors (Lipinski definition) is 5. The molecular weight excluding hydrogens is 479 g/mol. The lowest BCUT2D eigenvalue weighted by Gasteiger charge is -2.18. The molecule has 0 bridgehead atoms. The topological polar surface area (TPSA) is 80.8 Å². The van der Waals surface area contributed by atoms with E-state index in [1.807, 2.05) is 39.8 Å². The monoisotopic (exact) mass is 510 g/mol. The number of hydrogen-bond donors (Lipinski definition) is 0. The summed E-state index contributed by atoms with van der Waals surface area (Å²) in [4.78, 5) is 23.1. The van der Waals surface area contributed by atoms with Crippen LogP contribution in [-0.4, -0.2) is 20.6 Å². The lowest BCUT2D eigenvalue weighted by Crippen LogP contribution is -2.29. The van der Waals surface area contributed by atoms with E-state index in [9.17, 15) is 10.1 Å². The number of benzene rings is 2. The summed E-state index contributed by atoms with van der Waals surface area (Å²) in [5.41, 5.74) is 3.71. The summed E-state index contributed by atoms with van der Waals surface area (Å²) in [6.07, 6.45) is 3.58. The number of nitrogens with zero attached hydrogens (tertiary/aromatic N) is 4. The van der Waals surface area contributed by atoms with Gasteiger partial charge in [-0.2, -0.15) is 5.26 Å². The first-order chi connectivity index (χ1) is 18.4. The van der Waals surface area contributed by atoms with Crippen molar-refractivity contribution in [2.45, 2.75) is 59.6 Å². The van der Waals surface area contributed by atoms with Crippen molar-refractivity contribution in [1.82, 2.24) is 14.5 Å². The van der Waals surface area contributed by atoms with Gasteiger partial charge in [0.15, 0.2) is 0 Å². The normalized spacial score (nSPS) is 11.0. The lowest BCUT2D eigenvalue weighted by molar-refractivity contribution is 0.232. The number of ether oxygens (including phenoxy) is 1. The van der Waals surface area contributed by atoms with Gasteiger partial charge in [-0.25, -0.2) is 14.4 Å². The Morgan fingerprint density at radius 3 is 2.47 bits per heavy atom. The molecule has 38 heavy (non-hydrogen) atoms. The number of nitriles is 1. The van der Waals surface area contributed by atoms with Crippen molar-refractivity contribution < 1.29 is 9.13 Å². The Kier molecular flexibility index (Phi) is 8.32. The van der Waals surface area contributed by atoms with Crippen LogP contribution in [0.2, 0.25) is 0 Å². The summed E-state index contributed by atoms with van der Waals surface area (Å²) in [5, 5.41) is 9.43. The first kappa shape index (κ1) is 26.7. The van der Waals surface area contributed by atoms with E-state index >= 15 is 4.39 Å². The summed E-state index contributed by atoms with van der Waals surface area (Å²) in [6, 6.07) is 17.7. The van der Waals surface area contributed by atoms with Gasteiger partial charge in [-0.05, 0) is 56.0 Å². The van der Waals surface area contributed by atoms with Crippen molar-refractivity contribution in [3.8, 4) is 34.2 Å². The molecule has 0 fully saturated rings. The third kappa shape index (κ3) is 5.65. The molecule has 2 heterocycles. The molecule has 0 amide bonds. The van der Waals surface area contributed by atoms with Gasteiger partial charge in [0.1, 0.15) is 11.6 Å². The SMILES string of the molecule is CCCc1nc(CC)c(-c2ccc(OC(C)C)nc2)c(=O)n1Cc1ccc(-c2ccccc2C#N)cc1F. The van der Waals surface area contributed by atoms with Crippen LogP contribution < -0.4 is 10.3 Å². The van der Waals surface area contributed by atoms with Crippen LogP contribution in [0, 0.1) is 17.1 Å². The minimum atomic E-state index is -0.442. The summed E-state index contributed by atoms with van der Waals surface area (Å²) in [6.45, 7) is 7.88. The number of rotatable bonds is 9. The second kappa shape index (κ2) is 11.8. The molecule has 0 N–H and O–H groups in total. The minimum Gasteiger partial charge on any atom is -0.475 e. The molecule has 2 aromatic heterocycles. The average molecular weight is 511 g/mol. The lowest BCUT2D eigenvalue weighted by atomic mass is 9.99. The molecule has 0 saturated carbocycles. The highest BCUT2D eigenvalue weighted by Gasteiger charge is 2.19. The predicted molar refractivity (Wildman–Crippen MR) is 147 cm³/mol. The van der Waals surface area contributed by atoms with Gasteiger partial charge in [-0.15, -0.1) is 0 Å². The molecule has 0 atom stereocenters. The van der Waals surface area contributed by atoms with E-state index in [4.69, 9.17) is 9.72 Å². The van der Waals surface area contributed by atoms with Crippen molar-refractivity contribution >= 4 is 0 Å². The first-order valence-corrected chi connectivity index (χ1v) is 12.9. The van der Waals surface area contributed by atoms with Gasteiger partial charge >= 0.3 is 0 Å². The number of aromatic nitrogens is 3. The summed E-state index contributed by atoms with van der Waals surface area (Å²) < 4.78 is 22.6. The summed E-state index contributed by atoms with van der Waals surface area (Å²) in [7, 11) is 0. The van der Waals surface area contributed by atoms with Crippen LogP contribution in [0.15, 0.2) is 65.6 Å². The van der Waals surface area contributed by atoms with Gasteiger partial charge in [0.05, 0.1) is 35.5 Å². The minimum absolute atomic E-state index is 0.0126. The smallest absolute Gasteiger partial charge is 0.262 e. The van der Waals surface area contributed by atoms with Crippen LogP contribution in [0.1, 0.15) is 56.8 Å². The molecule has 0 aliphatic heterocycles. The Balaban J connectivity index is 1.77. The maximum Gasteiger partial charge on any atom is 0.262 e. The number of halogens is 1. The zero-order valence-corrected chi connectivity index (χ0v) is 22.2. The maximum atomic E-state index is 15.4. The molecule has 4 aromatic rings. The van der Waals surface area contributed by atoms with Gasteiger partial charge in [0, 0.05) is 29.8 Å². The zero-order chi connectivity index (χ0) is 27.2. The van der Waals surface area contributed by atoms with Gasteiger partial charge in [0.2, 0.25) is 5.88 Å². The van der Waals surface area contributed by atoms with Crippen molar-refractivity contribution in [1.29, 1.82) is 5.26 Å². The Bertz CT molecular complexity index is 1540. The van der Waals surface area contributed by atoms with E-state index in [-0.39, 0.29) is 18.2 Å². The molecule has 0 aliphatic rings. The van der Waals surface area contributed by atoms with E-state index in [2.05, 4.69) is 11.1 Å². The summed E-state index contributed by atoms with van der Waals surface area (Å²) in [5.74, 6) is 0.671. The Morgan fingerprint density at radius 2 is 1.84 bits per heavy atom. The molecule has 194 valence electrons. The molecule has 0 radical (unpaired) electrons. The predicted octanol–water partition coefficient (Wildman–Crippen LogP) is 6.33. The Morgan fingerprint density at radius 1 is 1.08 bits per heavy atom. The highest BCUT2D eigenvalue weighted by molar-refractivity contribution is 5.70. The highest BCUT2D eigenvalue weighted by atomic mass is 19.1. The summed E-state index contributed by atoms with van der Waals surface area (Å²) >= 11 is 0. The van der Waals surface area contributed by atoms with E-state index in [1.54, 1.807) is 47.2 Å². The van der Waals surface area contributed by atoms with Crippen molar-refractivity contribution in [2.24, 2.45) is 0 Å². The molecule has 4 rings (SSSR count). The zero-order valence-electron chi connectivity index (χ0n) is 22.2. The molecule has 0 unspecified atom stereocenters. The highest BCUT2D eigenvalue weighted by Crippen LogP contribution is 2.26. The fourth-order valence-electron chi connectivity index (χ4n) is 4.46. The fourth-order valence-corrected chi connectivity index (χ4v) is 4.46. The average Bonchev–Trinajstić information content (AvgIpc) is 2.91. The molecule has 0 spiro atoms. The van der Waals surface area contributed by atoms with Gasteiger partial charge in [0.25, 0.3) is 5.56 Å². The molecular formula is C31H31FN4O2. The van der Waals surface area contributed by atoms with Crippen LogP contribution in [0.3, 0.4) is 0 Å². The van der Waals surface area contributed by atoms with Crippen LogP contribution in [0.25, 0.3) is 22.3 Å². The van der Waals surface area contributed by atoms with Gasteiger partial charge < -0.3 is 4.74 Å². The van der Waals surface area contributed by atoms with Crippen LogP contribution >= 0.6 is 0 Å². The van der Waals surface area contributed by atoms with E-state index < -0.39 is 5.82 Å². The van der Waals surface area contributed by atoms with Crippen molar-refractivity contribution in [3.63, 3.8) is 0 Å². The maximum absolute atomic E-state index is 15.4. The Labute approximate surface area is 222 Å². The number of aryl methyl sites for hydroxylation is 2. The molecule has 0 aliphatic carbocycles. The third-order valence-electron chi connectivity index (χ3n) is 6.25. The molecule has 2 aromatic carbocycles.